The third-order valence-corrected chi connectivity index (χ3v) is 6.91. The molecule has 1 aromatic heterocycles. The van der Waals surface area contributed by atoms with Crippen LogP contribution in [0, 0.1) is 5.82 Å². The molecule has 8 nitrogen and oxygen atoms in total. The highest BCUT2D eigenvalue weighted by atomic mass is 79.9. The van der Waals surface area contributed by atoms with E-state index in [2.05, 4.69) is 21.0 Å². The second-order valence-corrected chi connectivity index (χ2v) is 10.5. The maximum atomic E-state index is 14.2. The van der Waals surface area contributed by atoms with E-state index >= 15 is 0 Å². The first-order valence-electron chi connectivity index (χ1n) is 9.86. The van der Waals surface area contributed by atoms with E-state index in [4.69, 9.17) is 9.47 Å². The van der Waals surface area contributed by atoms with Gasteiger partial charge in [-0.2, -0.15) is 5.10 Å². The van der Waals surface area contributed by atoms with Gasteiger partial charge in [-0.15, -0.1) is 0 Å². The number of piperidine rings is 1. The van der Waals surface area contributed by atoms with Crippen molar-refractivity contribution in [3.8, 4) is 5.75 Å². The Labute approximate surface area is 189 Å². The second-order valence-electron chi connectivity index (χ2n) is 7.71. The van der Waals surface area contributed by atoms with Crippen LogP contribution in [-0.2, 0) is 21.2 Å². The molecule has 0 spiro atoms. The van der Waals surface area contributed by atoms with Crippen LogP contribution in [0.1, 0.15) is 38.3 Å². The molecule has 0 atom stereocenters. The quantitative estimate of drug-likeness (QED) is 0.576. The summed E-state index contributed by atoms with van der Waals surface area (Å²) in [5, 5.41) is 4.42. The first kappa shape index (κ1) is 23.5. The maximum Gasteiger partial charge on any atom is 0.410 e. The Balaban J connectivity index is 1.61. The summed E-state index contributed by atoms with van der Waals surface area (Å²) in [6.07, 6.45) is 3.68. The number of hydrogen-bond donors (Lipinski definition) is 0. The molecule has 1 aromatic carbocycles. The SMILES string of the molecule is CC(C)OC(=O)N1CCC(n2ncc(COc3ccc(S(C)(=O)=O)cc3F)c2Br)CC1. The summed E-state index contributed by atoms with van der Waals surface area (Å²) in [7, 11) is -3.49. The van der Waals surface area contributed by atoms with Crippen molar-refractivity contribution in [2.45, 2.75) is 50.3 Å². The van der Waals surface area contributed by atoms with Gasteiger partial charge in [-0.25, -0.2) is 17.6 Å². The normalized spacial score (nSPS) is 15.4. The Bertz CT molecular complexity index is 1050. The lowest BCUT2D eigenvalue weighted by atomic mass is 10.1. The highest BCUT2D eigenvalue weighted by molar-refractivity contribution is 9.10. The summed E-state index contributed by atoms with van der Waals surface area (Å²) in [5.41, 5.74) is 0.730. The first-order chi connectivity index (χ1) is 14.6. The van der Waals surface area contributed by atoms with Crippen LogP contribution in [0.25, 0.3) is 0 Å². The molecule has 2 aromatic rings. The maximum absolute atomic E-state index is 14.2. The van der Waals surface area contributed by atoms with Gasteiger partial charge in [0.2, 0.25) is 0 Å². The molecule has 2 heterocycles. The fourth-order valence-corrected chi connectivity index (χ4v) is 4.52. The zero-order valence-corrected chi connectivity index (χ0v) is 19.9. The molecular formula is C20H25BrFN3O5S. The number of carbonyl (C=O) groups is 1. The molecule has 0 aliphatic carbocycles. The number of likely N-dealkylation sites (tertiary alicyclic amines) is 1. The number of halogens is 2. The van der Waals surface area contributed by atoms with E-state index in [0.29, 0.717) is 13.1 Å². The molecule has 1 saturated heterocycles. The second kappa shape index (κ2) is 9.56. The molecule has 0 unspecified atom stereocenters. The van der Waals surface area contributed by atoms with E-state index in [9.17, 15) is 17.6 Å². The third kappa shape index (κ3) is 5.76. The van der Waals surface area contributed by atoms with Gasteiger partial charge in [0.15, 0.2) is 21.4 Å². The Morgan fingerprint density at radius 1 is 1.32 bits per heavy atom. The predicted molar refractivity (Wildman–Crippen MR) is 115 cm³/mol. The average Bonchev–Trinajstić information content (AvgIpc) is 3.06. The standard InChI is InChI=1S/C20H25BrFN3O5S/c1-13(2)30-20(26)24-8-6-15(7-9-24)25-19(21)14(11-23-25)12-29-18-5-4-16(10-17(18)22)31(3,27)28/h4-5,10-11,13,15H,6-9,12H2,1-3H3. The number of ether oxygens (including phenoxy) is 2. The minimum atomic E-state index is -3.49. The number of benzene rings is 1. The molecule has 0 saturated carbocycles. The van der Waals surface area contributed by atoms with Crippen molar-refractivity contribution in [1.82, 2.24) is 14.7 Å². The Hall–Kier alpha value is -2.14. The van der Waals surface area contributed by atoms with Crippen molar-refractivity contribution in [2.75, 3.05) is 19.3 Å². The van der Waals surface area contributed by atoms with E-state index in [1.807, 2.05) is 18.5 Å². The van der Waals surface area contributed by atoms with Crippen molar-refractivity contribution in [1.29, 1.82) is 0 Å². The highest BCUT2D eigenvalue weighted by Gasteiger charge is 2.27. The van der Waals surface area contributed by atoms with Crippen molar-refractivity contribution < 1.29 is 27.1 Å². The predicted octanol–water partition coefficient (Wildman–Crippen LogP) is 3.95. The monoisotopic (exact) mass is 517 g/mol. The van der Waals surface area contributed by atoms with Gasteiger partial charge in [0.25, 0.3) is 0 Å². The molecule has 0 N–H and O–H groups in total. The fourth-order valence-electron chi connectivity index (χ4n) is 3.29. The van der Waals surface area contributed by atoms with Gasteiger partial charge in [-0.05, 0) is 60.8 Å². The molecule has 1 aliphatic rings. The molecule has 11 heteroatoms. The van der Waals surface area contributed by atoms with Gasteiger partial charge >= 0.3 is 6.09 Å². The molecule has 1 amide bonds. The van der Waals surface area contributed by atoms with E-state index in [1.165, 1.54) is 12.1 Å². The largest absolute Gasteiger partial charge is 0.486 e. The smallest absolute Gasteiger partial charge is 0.410 e. The molecule has 170 valence electrons. The fraction of sp³-hybridized carbons (Fsp3) is 0.500. The van der Waals surface area contributed by atoms with Crippen LogP contribution in [0.4, 0.5) is 9.18 Å². The van der Waals surface area contributed by atoms with Gasteiger partial charge < -0.3 is 14.4 Å². The Morgan fingerprint density at radius 3 is 2.58 bits per heavy atom. The van der Waals surface area contributed by atoms with Crippen molar-refractivity contribution in [3.05, 3.63) is 40.4 Å². The first-order valence-corrected chi connectivity index (χ1v) is 12.5. The van der Waals surface area contributed by atoms with Gasteiger partial charge in [0.1, 0.15) is 11.2 Å². The number of nitrogens with zero attached hydrogens (tertiary/aromatic N) is 3. The van der Waals surface area contributed by atoms with E-state index in [0.717, 1.165) is 35.3 Å². The summed E-state index contributed by atoms with van der Waals surface area (Å²) in [5.74, 6) is -0.781. The van der Waals surface area contributed by atoms with E-state index in [-0.39, 0.29) is 35.5 Å². The number of aromatic nitrogens is 2. The molecular weight excluding hydrogens is 493 g/mol. The molecule has 1 fully saturated rings. The molecule has 3 rings (SSSR count). The molecule has 0 radical (unpaired) electrons. The minimum Gasteiger partial charge on any atom is -0.486 e. The molecule has 1 aliphatic heterocycles. The van der Waals surface area contributed by atoms with Crippen molar-refractivity contribution in [3.63, 3.8) is 0 Å². The van der Waals surface area contributed by atoms with E-state index in [1.54, 1.807) is 11.1 Å². The highest BCUT2D eigenvalue weighted by Crippen LogP contribution is 2.29. The summed E-state index contributed by atoms with van der Waals surface area (Å²) in [6.45, 7) is 4.86. The Morgan fingerprint density at radius 2 is 2.00 bits per heavy atom. The van der Waals surface area contributed by atoms with Crippen molar-refractivity contribution in [2.24, 2.45) is 0 Å². The van der Waals surface area contributed by atoms with Crippen LogP contribution in [-0.4, -0.2) is 54.6 Å². The van der Waals surface area contributed by atoms with Crippen LogP contribution in [0.15, 0.2) is 33.9 Å². The number of hydrogen-bond acceptors (Lipinski definition) is 6. The van der Waals surface area contributed by atoms with Crippen LogP contribution >= 0.6 is 15.9 Å². The molecule has 31 heavy (non-hydrogen) atoms. The van der Waals surface area contributed by atoms with E-state index < -0.39 is 15.7 Å². The summed E-state index contributed by atoms with van der Waals surface area (Å²) in [6, 6.07) is 3.67. The summed E-state index contributed by atoms with van der Waals surface area (Å²) in [4.78, 5) is 13.6. The summed E-state index contributed by atoms with van der Waals surface area (Å²) >= 11 is 3.54. The number of amides is 1. The Kier molecular flexibility index (Phi) is 7.25. The van der Waals surface area contributed by atoms with Crippen LogP contribution in [0.3, 0.4) is 0 Å². The average molecular weight is 518 g/mol. The zero-order valence-electron chi connectivity index (χ0n) is 17.5. The lowest BCUT2D eigenvalue weighted by Gasteiger charge is -2.32. The minimum absolute atomic E-state index is 0.0379. The lowest BCUT2D eigenvalue weighted by Crippen LogP contribution is -2.40. The number of carbonyl (C=O) groups excluding carboxylic acids is 1. The van der Waals surface area contributed by atoms with Gasteiger partial charge in [0.05, 0.1) is 23.2 Å². The van der Waals surface area contributed by atoms with Gasteiger partial charge in [-0.3, -0.25) is 4.68 Å². The van der Waals surface area contributed by atoms with Crippen molar-refractivity contribution >= 4 is 31.9 Å². The van der Waals surface area contributed by atoms with Gasteiger partial charge in [0, 0.05) is 24.9 Å². The third-order valence-electron chi connectivity index (χ3n) is 4.92. The van der Waals surface area contributed by atoms with Crippen LogP contribution in [0.5, 0.6) is 5.75 Å². The summed E-state index contributed by atoms with van der Waals surface area (Å²) < 4.78 is 50.6. The number of sulfone groups is 1. The lowest BCUT2D eigenvalue weighted by molar-refractivity contribution is 0.0651. The zero-order chi connectivity index (χ0) is 22.8. The number of rotatable bonds is 6. The molecule has 0 bridgehead atoms. The topological polar surface area (TPSA) is 90.7 Å². The van der Waals surface area contributed by atoms with Gasteiger partial charge in [-0.1, -0.05) is 0 Å². The van der Waals surface area contributed by atoms with Crippen LogP contribution in [0.2, 0.25) is 0 Å². The van der Waals surface area contributed by atoms with Crippen LogP contribution < -0.4 is 4.74 Å².